The van der Waals surface area contributed by atoms with Gasteiger partial charge in [0.15, 0.2) is 0 Å². The Morgan fingerprint density at radius 3 is 2.82 bits per heavy atom. The van der Waals surface area contributed by atoms with E-state index in [4.69, 9.17) is 5.26 Å². The molecule has 1 N–H and O–H groups in total. The molecule has 0 spiro atoms. The van der Waals surface area contributed by atoms with Crippen LogP contribution in [0.1, 0.15) is 24.5 Å². The second kappa shape index (κ2) is 6.21. The number of anilines is 1. The summed E-state index contributed by atoms with van der Waals surface area (Å²) in [4.78, 5) is 6.38. The highest BCUT2D eigenvalue weighted by Crippen LogP contribution is 2.16. The lowest BCUT2D eigenvalue weighted by molar-refractivity contribution is 0.390. The van der Waals surface area contributed by atoms with E-state index >= 15 is 0 Å². The lowest BCUT2D eigenvalue weighted by atomic mass is 10.1. The summed E-state index contributed by atoms with van der Waals surface area (Å²) >= 11 is 0. The van der Waals surface area contributed by atoms with Crippen LogP contribution >= 0.6 is 0 Å². The van der Waals surface area contributed by atoms with Gasteiger partial charge in [-0.05, 0) is 52.5 Å². The van der Waals surface area contributed by atoms with Crippen LogP contribution in [0.4, 0.5) is 5.82 Å². The molecule has 0 aromatic carbocycles. The van der Waals surface area contributed by atoms with Gasteiger partial charge >= 0.3 is 0 Å². The Morgan fingerprint density at radius 1 is 1.53 bits per heavy atom. The van der Waals surface area contributed by atoms with Crippen LogP contribution in [0.15, 0.2) is 12.3 Å². The molecule has 0 radical (unpaired) electrons. The van der Waals surface area contributed by atoms with Crippen LogP contribution in [0.2, 0.25) is 0 Å². The quantitative estimate of drug-likeness (QED) is 0.843. The van der Waals surface area contributed by atoms with Crippen molar-refractivity contribution in [3.63, 3.8) is 0 Å². The molecule has 1 atom stereocenters. The molecule has 1 aromatic rings. The highest BCUT2D eigenvalue weighted by atomic mass is 15.1. The fourth-order valence-electron chi connectivity index (χ4n) is 1.57. The maximum atomic E-state index is 9.09. The van der Waals surface area contributed by atoms with Gasteiger partial charge in [-0.15, -0.1) is 0 Å². The standard InChI is InChI=1S/C13H20N4/c1-10-5-7-15-13(12(10)9-14)16-11(2)6-8-17(3)4/h5,7,11H,6,8H2,1-4H3,(H,15,16). The molecule has 1 heterocycles. The SMILES string of the molecule is Cc1ccnc(NC(C)CCN(C)C)c1C#N. The van der Waals surface area contributed by atoms with Crippen LogP contribution in [0.25, 0.3) is 0 Å². The van der Waals surface area contributed by atoms with Crippen molar-refractivity contribution in [1.29, 1.82) is 5.26 Å². The van der Waals surface area contributed by atoms with Crippen LogP contribution in [0, 0.1) is 18.3 Å². The van der Waals surface area contributed by atoms with Gasteiger partial charge in [-0.3, -0.25) is 0 Å². The molecule has 92 valence electrons. The van der Waals surface area contributed by atoms with Crippen molar-refractivity contribution >= 4 is 5.82 Å². The average Bonchev–Trinajstić information content (AvgIpc) is 2.27. The Hall–Kier alpha value is -1.60. The van der Waals surface area contributed by atoms with E-state index in [1.807, 2.05) is 13.0 Å². The minimum atomic E-state index is 0.304. The normalized spacial score (nSPS) is 12.2. The van der Waals surface area contributed by atoms with Crippen LogP contribution in [-0.2, 0) is 0 Å². The maximum absolute atomic E-state index is 9.09. The third-order valence-corrected chi connectivity index (χ3v) is 2.66. The van der Waals surface area contributed by atoms with E-state index in [2.05, 4.69) is 42.3 Å². The molecule has 0 aliphatic carbocycles. The van der Waals surface area contributed by atoms with Crippen LogP contribution in [-0.4, -0.2) is 36.6 Å². The van der Waals surface area contributed by atoms with Gasteiger partial charge in [0.05, 0.1) is 5.56 Å². The summed E-state index contributed by atoms with van der Waals surface area (Å²) in [5.41, 5.74) is 1.61. The number of hydrogen-bond acceptors (Lipinski definition) is 4. The summed E-state index contributed by atoms with van der Waals surface area (Å²) in [6, 6.07) is 4.36. The van der Waals surface area contributed by atoms with Gasteiger partial charge in [-0.25, -0.2) is 4.98 Å². The summed E-state index contributed by atoms with van der Waals surface area (Å²) in [5.74, 6) is 0.693. The number of hydrogen-bond donors (Lipinski definition) is 1. The Bertz CT molecular complexity index is 406. The average molecular weight is 232 g/mol. The van der Waals surface area contributed by atoms with Gasteiger partial charge in [0.1, 0.15) is 11.9 Å². The number of nitriles is 1. The molecule has 0 saturated heterocycles. The minimum Gasteiger partial charge on any atom is -0.366 e. The van der Waals surface area contributed by atoms with Crippen molar-refractivity contribution in [3.8, 4) is 6.07 Å². The van der Waals surface area contributed by atoms with Crippen molar-refractivity contribution in [2.24, 2.45) is 0 Å². The Balaban J connectivity index is 2.69. The van der Waals surface area contributed by atoms with Gasteiger partial charge in [-0.2, -0.15) is 5.26 Å². The van der Waals surface area contributed by atoms with Crippen molar-refractivity contribution in [2.75, 3.05) is 26.0 Å². The summed E-state index contributed by atoms with van der Waals surface area (Å²) in [6.07, 6.45) is 2.75. The zero-order valence-corrected chi connectivity index (χ0v) is 11.0. The lowest BCUT2D eigenvalue weighted by Crippen LogP contribution is -2.23. The molecule has 1 aromatic heterocycles. The van der Waals surface area contributed by atoms with E-state index in [0.29, 0.717) is 17.4 Å². The molecule has 4 nitrogen and oxygen atoms in total. The smallest absolute Gasteiger partial charge is 0.144 e. The van der Waals surface area contributed by atoms with Crippen molar-refractivity contribution in [3.05, 3.63) is 23.4 Å². The number of nitrogens with zero attached hydrogens (tertiary/aromatic N) is 3. The molecule has 0 fully saturated rings. The van der Waals surface area contributed by atoms with Crippen LogP contribution in [0.3, 0.4) is 0 Å². The van der Waals surface area contributed by atoms with Crippen LogP contribution in [0.5, 0.6) is 0 Å². The van der Waals surface area contributed by atoms with Gasteiger partial charge < -0.3 is 10.2 Å². The molecule has 0 saturated carbocycles. The molecule has 0 aliphatic rings. The lowest BCUT2D eigenvalue weighted by Gasteiger charge is -2.18. The number of aryl methyl sites for hydroxylation is 1. The first kappa shape index (κ1) is 13.5. The second-order valence-corrected chi connectivity index (χ2v) is 4.60. The van der Waals surface area contributed by atoms with E-state index < -0.39 is 0 Å². The van der Waals surface area contributed by atoms with Crippen LogP contribution < -0.4 is 5.32 Å². The first-order valence-corrected chi connectivity index (χ1v) is 5.81. The summed E-state index contributed by atoms with van der Waals surface area (Å²) in [7, 11) is 4.11. The Kier molecular flexibility index (Phi) is 4.92. The largest absolute Gasteiger partial charge is 0.366 e. The van der Waals surface area contributed by atoms with E-state index in [1.165, 1.54) is 0 Å². The molecule has 4 heteroatoms. The third kappa shape index (κ3) is 4.04. The van der Waals surface area contributed by atoms with Gasteiger partial charge in [-0.1, -0.05) is 0 Å². The molecular weight excluding hydrogens is 212 g/mol. The first-order valence-electron chi connectivity index (χ1n) is 5.81. The van der Waals surface area contributed by atoms with Crippen molar-refractivity contribution in [2.45, 2.75) is 26.3 Å². The Morgan fingerprint density at radius 2 is 2.24 bits per heavy atom. The highest BCUT2D eigenvalue weighted by molar-refractivity contribution is 5.55. The van der Waals surface area contributed by atoms with Gasteiger partial charge in [0.25, 0.3) is 0 Å². The van der Waals surface area contributed by atoms with Crippen molar-refractivity contribution in [1.82, 2.24) is 9.88 Å². The number of pyridine rings is 1. The zero-order valence-electron chi connectivity index (χ0n) is 11.0. The molecule has 0 bridgehead atoms. The predicted octanol–water partition coefficient (Wildman–Crippen LogP) is 2.01. The fraction of sp³-hybridized carbons (Fsp3) is 0.538. The van der Waals surface area contributed by atoms with Crippen molar-refractivity contribution < 1.29 is 0 Å². The fourth-order valence-corrected chi connectivity index (χ4v) is 1.57. The molecule has 17 heavy (non-hydrogen) atoms. The van der Waals surface area contributed by atoms with E-state index in [9.17, 15) is 0 Å². The predicted molar refractivity (Wildman–Crippen MR) is 69.9 cm³/mol. The summed E-state index contributed by atoms with van der Waals surface area (Å²) in [6.45, 7) is 5.05. The van der Waals surface area contributed by atoms with Gasteiger partial charge in [0.2, 0.25) is 0 Å². The second-order valence-electron chi connectivity index (χ2n) is 4.60. The molecular formula is C13H20N4. The number of aromatic nitrogens is 1. The topological polar surface area (TPSA) is 52.0 Å². The molecule has 0 amide bonds. The summed E-state index contributed by atoms with van der Waals surface area (Å²) in [5, 5.41) is 12.4. The van der Waals surface area contributed by atoms with E-state index in [-0.39, 0.29) is 0 Å². The molecule has 1 unspecified atom stereocenters. The van der Waals surface area contributed by atoms with E-state index in [1.54, 1.807) is 6.20 Å². The number of rotatable bonds is 5. The molecule has 0 aliphatic heterocycles. The molecule has 1 rings (SSSR count). The third-order valence-electron chi connectivity index (χ3n) is 2.66. The van der Waals surface area contributed by atoms with Gasteiger partial charge in [0, 0.05) is 12.2 Å². The minimum absolute atomic E-state index is 0.304. The first-order chi connectivity index (χ1) is 8.04. The number of nitrogens with one attached hydrogen (secondary N) is 1. The van der Waals surface area contributed by atoms with E-state index in [0.717, 1.165) is 18.5 Å². The Labute approximate surface area is 103 Å². The monoisotopic (exact) mass is 232 g/mol. The zero-order chi connectivity index (χ0) is 12.8. The maximum Gasteiger partial charge on any atom is 0.144 e. The highest BCUT2D eigenvalue weighted by Gasteiger charge is 2.09. The summed E-state index contributed by atoms with van der Waals surface area (Å²) < 4.78 is 0.